The molecule has 1 saturated heterocycles. The first kappa shape index (κ1) is 22.2. The van der Waals surface area contributed by atoms with E-state index in [0.717, 1.165) is 55.7 Å². The van der Waals surface area contributed by atoms with Gasteiger partial charge in [0.25, 0.3) is 0 Å². The molecule has 5 aromatic rings. The third kappa shape index (κ3) is 3.77. The van der Waals surface area contributed by atoms with Crippen molar-refractivity contribution in [2.75, 3.05) is 18.0 Å². The largest absolute Gasteiger partial charge is 0.481 e. The zero-order valence-electron chi connectivity index (χ0n) is 20.3. The zero-order chi connectivity index (χ0) is 24.8. The molecule has 0 unspecified atom stereocenters. The van der Waals surface area contributed by atoms with Crippen LogP contribution in [-0.4, -0.2) is 43.9 Å². The van der Waals surface area contributed by atoms with Gasteiger partial charge in [0, 0.05) is 41.3 Å². The molecule has 0 atom stereocenters. The van der Waals surface area contributed by atoms with Gasteiger partial charge in [-0.1, -0.05) is 36.4 Å². The van der Waals surface area contributed by atoms with Crippen molar-refractivity contribution in [2.24, 2.45) is 5.92 Å². The number of rotatable bonds is 4. The third-order valence-electron chi connectivity index (χ3n) is 7.21. The minimum atomic E-state index is -0.702. The molecular formula is C29H27N5O2. The predicted octanol–water partition coefficient (Wildman–Crippen LogP) is 5.55. The molecule has 3 aromatic heterocycles. The fourth-order valence-corrected chi connectivity index (χ4v) is 5.25. The van der Waals surface area contributed by atoms with Crippen LogP contribution in [0.4, 0.5) is 5.82 Å². The van der Waals surface area contributed by atoms with Crippen molar-refractivity contribution in [3.63, 3.8) is 0 Å². The first-order valence-electron chi connectivity index (χ1n) is 12.3. The number of nitrogens with zero attached hydrogens (tertiary/aromatic N) is 5. The molecule has 1 N–H and O–H groups in total. The van der Waals surface area contributed by atoms with Crippen LogP contribution < -0.4 is 4.90 Å². The molecule has 0 amide bonds. The normalized spacial score (nSPS) is 14.6. The van der Waals surface area contributed by atoms with Crippen LogP contribution in [0.1, 0.15) is 24.1 Å². The number of hydrogen-bond acceptors (Lipinski definition) is 5. The van der Waals surface area contributed by atoms with Crippen LogP contribution in [0.3, 0.4) is 0 Å². The summed E-state index contributed by atoms with van der Waals surface area (Å²) in [6, 6.07) is 18.7. The summed E-state index contributed by atoms with van der Waals surface area (Å²) in [5, 5.41) is 17.7. The highest BCUT2D eigenvalue weighted by atomic mass is 16.4. The smallest absolute Gasteiger partial charge is 0.306 e. The zero-order valence-corrected chi connectivity index (χ0v) is 20.3. The molecule has 4 heterocycles. The quantitative estimate of drug-likeness (QED) is 0.365. The van der Waals surface area contributed by atoms with E-state index in [1.54, 1.807) is 0 Å². The van der Waals surface area contributed by atoms with Crippen molar-refractivity contribution in [3.8, 4) is 16.9 Å². The lowest BCUT2D eigenvalue weighted by Crippen LogP contribution is -2.36. The summed E-state index contributed by atoms with van der Waals surface area (Å²) in [6.45, 7) is 5.52. The number of para-hydroxylation sites is 1. The number of aromatic nitrogens is 4. The van der Waals surface area contributed by atoms with Gasteiger partial charge in [0.05, 0.1) is 23.3 Å². The number of benzene rings is 2. The van der Waals surface area contributed by atoms with Crippen LogP contribution in [0.2, 0.25) is 0 Å². The lowest BCUT2D eigenvalue weighted by atomic mass is 9.97. The lowest BCUT2D eigenvalue weighted by molar-refractivity contribution is -0.142. The van der Waals surface area contributed by atoms with Crippen molar-refractivity contribution in [1.29, 1.82) is 0 Å². The predicted molar refractivity (Wildman–Crippen MR) is 142 cm³/mol. The highest BCUT2D eigenvalue weighted by molar-refractivity contribution is 6.04. The number of carboxylic acid groups (broad SMARTS) is 1. The second-order valence-electron chi connectivity index (χ2n) is 9.56. The van der Waals surface area contributed by atoms with Gasteiger partial charge in [-0.15, -0.1) is 0 Å². The van der Waals surface area contributed by atoms with E-state index in [4.69, 9.17) is 10.1 Å². The number of anilines is 1. The van der Waals surface area contributed by atoms with Crippen molar-refractivity contribution in [1.82, 2.24) is 19.7 Å². The van der Waals surface area contributed by atoms with Gasteiger partial charge in [-0.2, -0.15) is 5.10 Å². The molecule has 0 saturated carbocycles. The highest BCUT2D eigenvalue weighted by Gasteiger charge is 2.25. The Hall–Kier alpha value is -4.26. The van der Waals surface area contributed by atoms with E-state index in [9.17, 15) is 9.90 Å². The SMILES string of the molecule is Cc1cc2c(-c3nn(-c4ccc(N5CCC(C(=O)O)CC5)nc4)c4c(C)cccc34)cccc2cn1. The average Bonchev–Trinajstić information content (AvgIpc) is 3.29. The molecule has 7 nitrogen and oxygen atoms in total. The minimum absolute atomic E-state index is 0.258. The van der Waals surface area contributed by atoms with Gasteiger partial charge in [0.1, 0.15) is 11.5 Å². The molecule has 2 aromatic carbocycles. The average molecular weight is 478 g/mol. The summed E-state index contributed by atoms with van der Waals surface area (Å²) in [5.41, 5.74) is 6.09. The van der Waals surface area contributed by atoms with Crippen molar-refractivity contribution in [3.05, 3.63) is 78.2 Å². The maximum absolute atomic E-state index is 11.3. The Morgan fingerprint density at radius 3 is 2.50 bits per heavy atom. The number of pyridine rings is 2. The Morgan fingerprint density at radius 2 is 1.75 bits per heavy atom. The Balaban J connectivity index is 1.42. The number of fused-ring (bicyclic) bond motifs is 2. The molecule has 36 heavy (non-hydrogen) atoms. The molecule has 1 aliphatic heterocycles. The Bertz CT molecular complexity index is 1600. The number of piperidine rings is 1. The first-order chi connectivity index (χ1) is 17.5. The van der Waals surface area contributed by atoms with E-state index in [1.165, 1.54) is 0 Å². The van der Waals surface area contributed by atoms with Crippen LogP contribution in [-0.2, 0) is 4.79 Å². The van der Waals surface area contributed by atoms with Crippen molar-refractivity contribution < 1.29 is 9.90 Å². The molecular weight excluding hydrogens is 450 g/mol. The second kappa shape index (κ2) is 8.75. The highest BCUT2D eigenvalue weighted by Crippen LogP contribution is 2.35. The maximum Gasteiger partial charge on any atom is 0.306 e. The Kier molecular flexibility index (Phi) is 5.40. The number of hydrogen-bond donors (Lipinski definition) is 1. The molecule has 0 aliphatic carbocycles. The molecule has 0 bridgehead atoms. The van der Waals surface area contributed by atoms with Crippen LogP contribution in [0.15, 0.2) is 67.0 Å². The van der Waals surface area contributed by atoms with Gasteiger partial charge >= 0.3 is 5.97 Å². The number of carboxylic acids is 1. The minimum Gasteiger partial charge on any atom is -0.481 e. The summed E-state index contributed by atoms with van der Waals surface area (Å²) in [5.74, 6) is -0.0914. The van der Waals surface area contributed by atoms with E-state index in [-0.39, 0.29) is 5.92 Å². The monoisotopic (exact) mass is 477 g/mol. The molecule has 1 fully saturated rings. The maximum atomic E-state index is 11.3. The van der Waals surface area contributed by atoms with Gasteiger partial charge in [-0.3, -0.25) is 9.78 Å². The Morgan fingerprint density at radius 1 is 0.944 bits per heavy atom. The van der Waals surface area contributed by atoms with Crippen LogP contribution in [0.5, 0.6) is 0 Å². The number of aryl methyl sites for hydroxylation is 2. The molecule has 6 rings (SSSR count). The molecule has 0 spiro atoms. The lowest BCUT2D eigenvalue weighted by Gasteiger charge is -2.31. The van der Waals surface area contributed by atoms with Crippen molar-refractivity contribution in [2.45, 2.75) is 26.7 Å². The number of carbonyl (C=O) groups is 1. The van der Waals surface area contributed by atoms with Crippen LogP contribution in [0, 0.1) is 19.8 Å². The summed E-state index contributed by atoms with van der Waals surface area (Å²) in [4.78, 5) is 22.6. The summed E-state index contributed by atoms with van der Waals surface area (Å²) in [6.07, 6.45) is 5.06. The van der Waals surface area contributed by atoms with Crippen molar-refractivity contribution >= 4 is 33.5 Å². The topological polar surface area (TPSA) is 84.1 Å². The Labute approximate surface area is 209 Å². The second-order valence-corrected chi connectivity index (χ2v) is 9.56. The van der Waals surface area contributed by atoms with E-state index in [2.05, 4.69) is 59.3 Å². The fourth-order valence-electron chi connectivity index (χ4n) is 5.25. The van der Waals surface area contributed by atoms with Gasteiger partial charge in [0.2, 0.25) is 0 Å². The fraction of sp³-hybridized carbons (Fsp3) is 0.241. The molecule has 7 heteroatoms. The van der Waals surface area contributed by atoms with Gasteiger partial charge in [-0.25, -0.2) is 9.67 Å². The third-order valence-corrected chi connectivity index (χ3v) is 7.21. The van der Waals surface area contributed by atoms with Crippen LogP contribution in [0.25, 0.3) is 38.6 Å². The van der Waals surface area contributed by atoms with Gasteiger partial charge in [0.15, 0.2) is 0 Å². The molecule has 0 radical (unpaired) electrons. The summed E-state index contributed by atoms with van der Waals surface area (Å²) < 4.78 is 1.99. The summed E-state index contributed by atoms with van der Waals surface area (Å²) >= 11 is 0. The van der Waals surface area contributed by atoms with E-state index in [0.29, 0.717) is 25.9 Å². The van der Waals surface area contributed by atoms with Gasteiger partial charge < -0.3 is 10.0 Å². The number of aliphatic carboxylic acids is 1. The van der Waals surface area contributed by atoms with E-state index >= 15 is 0 Å². The summed E-state index contributed by atoms with van der Waals surface area (Å²) in [7, 11) is 0. The van der Waals surface area contributed by atoms with Gasteiger partial charge in [-0.05, 0) is 55.8 Å². The molecule has 180 valence electrons. The standard InChI is InChI=1S/C29H27N5O2/c1-18-5-3-8-24-27(23-7-4-6-21-16-30-19(2)15-25(21)23)32-34(28(18)24)22-9-10-26(31-17-22)33-13-11-20(12-14-33)29(35)36/h3-10,15-17,20H,11-14H2,1-2H3,(H,35,36). The molecule has 1 aliphatic rings. The first-order valence-corrected chi connectivity index (χ1v) is 12.3. The van der Waals surface area contributed by atoms with Crippen LogP contribution >= 0.6 is 0 Å². The van der Waals surface area contributed by atoms with E-state index < -0.39 is 5.97 Å². The van der Waals surface area contributed by atoms with E-state index in [1.807, 2.05) is 36.1 Å².